The fraction of sp³-hybridized carbons (Fsp3) is 0.409. The first-order valence-electron chi connectivity index (χ1n) is 9.84. The zero-order valence-electron chi connectivity index (χ0n) is 17.3. The van der Waals surface area contributed by atoms with Crippen LogP contribution >= 0.6 is 0 Å². The fourth-order valence-electron chi connectivity index (χ4n) is 3.41. The molecule has 1 heterocycles. The predicted molar refractivity (Wildman–Crippen MR) is 114 cm³/mol. The Morgan fingerprint density at radius 3 is 2.07 bits per heavy atom. The van der Waals surface area contributed by atoms with Crippen molar-refractivity contribution in [2.24, 2.45) is 0 Å². The number of nitrogens with one attached hydrogen (secondary N) is 1. The van der Waals surface area contributed by atoms with Gasteiger partial charge in [-0.1, -0.05) is 26.0 Å². The van der Waals surface area contributed by atoms with Gasteiger partial charge in [0.1, 0.15) is 0 Å². The Balaban J connectivity index is 1.70. The highest BCUT2D eigenvalue weighted by Crippen LogP contribution is 2.23. The molecule has 0 radical (unpaired) electrons. The van der Waals surface area contributed by atoms with E-state index in [2.05, 4.69) is 19.2 Å². The molecule has 1 saturated heterocycles. The van der Waals surface area contributed by atoms with Gasteiger partial charge >= 0.3 is 0 Å². The number of ether oxygens (including phenoxy) is 1. The third kappa shape index (κ3) is 5.04. The molecule has 0 aliphatic carbocycles. The number of hydrogen-bond donors (Lipinski definition) is 1. The summed E-state index contributed by atoms with van der Waals surface area (Å²) in [6, 6.07) is 13.8. The Kier molecular flexibility index (Phi) is 6.41. The minimum absolute atomic E-state index is 0.144. The molecule has 1 aliphatic heterocycles. The zero-order chi connectivity index (χ0) is 21.2. The Morgan fingerprint density at radius 1 is 1.00 bits per heavy atom. The van der Waals surface area contributed by atoms with Crippen molar-refractivity contribution in [1.82, 2.24) is 4.31 Å². The molecule has 2 aromatic carbocycles. The van der Waals surface area contributed by atoms with Gasteiger partial charge in [0.05, 0.1) is 17.1 Å². The SMILES string of the molecule is CC1CN(S(=O)(=O)c2ccc(NC(=O)c3ccc(C(C)C)cc3)cc2)CC(C)O1. The van der Waals surface area contributed by atoms with E-state index in [1.54, 1.807) is 24.3 Å². The summed E-state index contributed by atoms with van der Waals surface area (Å²) in [5.41, 5.74) is 2.27. The average molecular weight is 417 g/mol. The number of carbonyl (C=O) groups excluding carboxylic acids is 1. The molecule has 2 aromatic rings. The van der Waals surface area contributed by atoms with Crippen molar-refractivity contribution in [3.63, 3.8) is 0 Å². The van der Waals surface area contributed by atoms with Crippen LogP contribution in [-0.2, 0) is 14.8 Å². The molecule has 1 aliphatic rings. The molecule has 0 saturated carbocycles. The number of hydrogen-bond acceptors (Lipinski definition) is 4. The Labute approximate surface area is 172 Å². The van der Waals surface area contributed by atoms with E-state index in [1.165, 1.54) is 22.0 Å². The van der Waals surface area contributed by atoms with E-state index in [1.807, 2.05) is 26.0 Å². The topological polar surface area (TPSA) is 75.7 Å². The number of sulfonamides is 1. The van der Waals surface area contributed by atoms with Gasteiger partial charge in [0.25, 0.3) is 5.91 Å². The van der Waals surface area contributed by atoms with Gasteiger partial charge in [-0.3, -0.25) is 4.79 Å². The van der Waals surface area contributed by atoms with E-state index in [4.69, 9.17) is 4.74 Å². The second kappa shape index (κ2) is 8.65. The van der Waals surface area contributed by atoms with Crippen LogP contribution in [0.2, 0.25) is 0 Å². The highest BCUT2D eigenvalue weighted by Gasteiger charge is 2.32. The van der Waals surface area contributed by atoms with Crippen molar-refractivity contribution < 1.29 is 17.9 Å². The van der Waals surface area contributed by atoms with Gasteiger partial charge < -0.3 is 10.1 Å². The summed E-state index contributed by atoms with van der Waals surface area (Å²) < 4.78 is 32.9. The van der Waals surface area contributed by atoms with Crippen molar-refractivity contribution in [1.29, 1.82) is 0 Å². The number of anilines is 1. The standard InChI is InChI=1S/C22H28N2O4S/c1-15(2)18-5-7-19(8-6-18)22(25)23-20-9-11-21(12-10-20)29(26,27)24-13-16(3)28-17(4)14-24/h5-12,15-17H,13-14H2,1-4H3,(H,23,25). The van der Waals surface area contributed by atoms with Crippen LogP contribution in [0.5, 0.6) is 0 Å². The molecule has 1 N–H and O–H groups in total. The molecule has 2 atom stereocenters. The maximum atomic E-state index is 12.9. The lowest BCUT2D eigenvalue weighted by atomic mass is 10.0. The smallest absolute Gasteiger partial charge is 0.255 e. The first-order chi connectivity index (χ1) is 13.7. The number of amides is 1. The lowest BCUT2D eigenvalue weighted by Gasteiger charge is -2.34. The predicted octanol–water partition coefficient (Wildman–Crippen LogP) is 3.86. The van der Waals surface area contributed by atoms with Crippen molar-refractivity contribution in [3.8, 4) is 0 Å². The van der Waals surface area contributed by atoms with E-state index in [9.17, 15) is 13.2 Å². The molecule has 0 spiro atoms. The summed E-state index contributed by atoms with van der Waals surface area (Å²) in [4.78, 5) is 12.7. The second-order valence-corrected chi connectivity index (χ2v) is 9.77. The maximum Gasteiger partial charge on any atom is 0.255 e. The molecule has 1 fully saturated rings. The summed E-state index contributed by atoms with van der Waals surface area (Å²) >= 11 is 0. The third-order valence-electron chi connectivity index (χ3n) is 4.98. The van der Waals surface area contributed by atoms with Crippen LogP contribution in [0.1, 0.15) is 49.5 Å². The molecular weight excluding hydrogens is 388 g/mol. The normalized spacial score (nSPS) is 20.6. The van der Waals surface area contributed by atoms with Crippen molar-refractivity contribution >= 4 is 21.6 Å². The highest BCUT2D eigenvalue weighted by molar-refractivity contribution is 7.89. The summed E-state index contributed by atoms with van der Waals surface area (Å²) in [5, 5.41) is 2.81. The number of nitrogens with zero attached hydrogens (tertiary/aromatic N) is 1. The largest absolute Gasteiger partial charge is 0.373 e. The summed E-state index contributed by atoms with van der Waals surface area (Å²) in [7, 11) is -3.60. The second-order valence-electron chi connectivity index (χ2n) is 7.83. The fourth-order valence-corrected chi connectivity index (χ4v) is 5.00. The van der Waals surface area contributed by atoms with Crippen molar-refractivity contribution in [2.75, 3.05) is 18.4 Å². The molecule has 7 heteroatoms. The molecular formula is C22H28N2O4S. The van der Waals surface area contributed by atoms with Crippen molar-refractivity contribution in [3.05, 3.63) is 59.7 Å². The van der Waals surface area contributed by atoms with Crippen LogP contribution in [0, 0.1) is 0 Å². The Hall–Kier alpha value is -2.22. The maximum absolute atomic E-state index is 12.9. The lowest BCUT2D eigenvalue weighted by Crippen LogP contribution is -2.48. The lowest BCUT2D eigenvalue weighted by molar-refractivity contribution is -0.0440. The molecule has 3 rings (SSSR count). The van der Waals surface area contributed by atoms with Crippen molar-refractivity contribution in [2.45, 2.75) is 50.7 Å². The van der Waals surface area contributed by atoms with Gasteiger partial charge in [-0.15, -0.1) is 0 Å². The Bertz CT molecular complexity index is 943. The molecule has 0 bridgehead atoms. The van der Waals surface area contributed by atoms with E-state index in [-0.39, 0.29) is 23.0 Å². The molecule has 29 heavy (non-hydrogen) atoms. The summed E-state index contributed by atoms with van der Waals surface area (Å²) in [6.07, 6.45) is -0.289. The number of carbonyl (C=O) groups is 1. The quantitative estimate of drug-likeness (QED) is 0.803. The van der Waals surface area contributed by atoms with Gasteiger partial charge in [-0.05, 0) is 61.7 Å². The molecule has 6 nitrogen and oxygen atoms in total. The minimum atomic E-state index is -3.60. The number of rotatable bonds is 5. The van der Waals surface area contributed by atoms with Crippen LogP contribution in [0.25, 0.3) is 0 Å². The minimum Gasteiger partial charge on any atom is -0.373 e. The third-order valence-corrected chi connectivity index (χ3v) is 6.82. The van der Waals surface area contributed by atoms with Crippen LogP contribution in [0.15, 0.2) is 53.4 Å². The van der Waals surface area contributed by atoms with E-state index >= 15 is 0 Å². The first-order valence-corrected chi connectivity index (χ1v) is 11.3. The molecule has 156 valence electrons. The average Bonchev–Trinajstić information content (AvgIpc) is 2.67. The van der Waals surface area contributed by atoms with Gasteiger partial charge in [0.15, 0.2) is 0 Å². The van der Waals surface area contributed by atoms with E-state index in [0.717, 1.165) is 0 Å². The molecule has 2 unspecified atom stereocenters. The monoisotopic (exact) mass is 416 g/mol. The highest BCUT2D eigenvalue weighted by atomic mass is 32.2. The molecule has 0 aromatic heterocycles. The van der Waals surface area contributed by atoms with Crippen LogP contribution < -0.4 is 5.32 Å². The number of morpholine rings is 1. The van der Waals surface area contributed by atoms with Gasteiger partial charge in [-0.25, -0.2) is 8.42 Å². The van der Waals surface area contributed by atoms with Crippen LogP contribution in [0.4, 0.5) is 5.69 Å². The summed E-state index contributed by atoms with van der Waals surface area (Å²) in [6.45, 7) is 8.59. The van der Waals surface area contributed by atoms with Crippen LogP contribution in [0.3, 0.4) is 0 Å². The van der Waals surface area contributed by atoms with Crippen LogP contribution in [-0.4, -0.2) is 43.9 Å². The van der Waals surface area contributed by atoms with Gasteiger partial charge in [0.2, 0.25) is 10.0 Å². The van der Waals surface area contributed by atoms with Gasteiger partial charge in [-0.2, -0.15) is 4.31 Å². The molecule has 1 amide bonds. The van der Waals surface area contributed by atoms with E-state index < -0.39 is 10.0 Å². The van der Waals surface area contributed by atoms with Gasteiger partial charge in [0, 0.05) is 24.3 Å². The zero-order valence-corrected chi connectivity index (χ0v) is 18.1. The van der Waals surface area contributed by atoms with E-state index in [0.29, 0.717) is 30.3 Å². The summed E-state index contributed by atoms with van der Waals surface area (Å²) in [5.74, 6) is 0.172. The first kappa shape index (κ1) is 21.5. The number of benzene rings is 2. The Morgan fingerprint density at radius 2 is 1.55 bits per heavy atom.